The molecule has 0 amide bonds. The third-order valence-electron chi connectivity index (χ3n) is 1.87. The van der Waals surface area contributed by atoms with E-state index >= 15 is 0 Å². The van der Waals surface area contributed by atoms with Gasteiger partial charge in [0.15, 0.2) is 0 Å². The molecule has 0 saturated heterocycles. The number of nitrogens with zero attached hydrogens (tertiary/aromatic N) is 2. The van der Waals surface area contributed by atoms with Gasteiger partial charge in [-0.15, -0.1) is 0 Å². The van der Waals surface area contributed by atoms with Crippen LogP contribution in [-0.2, 0) is 6.54 Å². The molecule has 4 heteroatoms. The Morgan fingerprint density at radius 1 is 1.73 bits per heavy atom. The van der Waals surface area contributed by atoms with E-state index in [1.54, 1.807) is 0 Å². The van der Waals surface area contributed by atoms with Gasteiger partial charge >= 0.3 is 0 Å². The molecule has 0 spiro atoms. The summed E-state index contributed by atoms with van der Waals surface area (Å²) in [7, 11) is 0. The first-order chi connectivity index (χ1) is 5.18. The highest BCUT2D eigenvalue weighted by molar-refractivity contribution is 9.10. The molecule has 1 aromatic heterocycles. The number of hydrogen-bond acceptors (Lipinski definition) is 2. The summed E-state index contributed by atoms with van der Waals surface area (Å²) in [5, 5.41) is 0. The lowest BCUT2D eigenvalue weighted by Crippen LogP contribution is -2.08. The fourth-order valence-corrected chi connectivity index (χ4v) is 1.63. The van der Waals surface area contributed by atoms with Crippen LogP contribution in [0.2, 0.25) is 0 Å². The quantitative estimate of drug-likeness (QED) is 0.661. The van der Waals surface area contributed by atoms with Gasteiger partial charge in [0, 0.05) is 0 Å². The Kier molecular flexibility index (Phi) is 1.45. The number of halogens is 1. The van der Waals surface area contributed by atoms with Crippen molar-refractivity contribution in [3.05, 3.63) is 10.3 Å². The van der Waals surface area contributed by atoms with Crippen LogP contribution >= 0.6 is 15.9 Å². The maximum absolute atomic E-state index is 5.43. The van der Waals surface area contributed by atoms with Gasteiger partial charge in [-0.05, 0) is 29.8 Å². The third kappa shape index (κ3) is 0.965. The minimum Gasteiger partial charge on any atom is -0.460 e. The molecular weight excluding hydrogens is 208 g/mol. The van der Waals surface area contributed by atoms with Gasteiger partial charge in [-0.25, -0.2) is 0 Å². The van der Waals surface area contributed by atoms with Gasteiger partial charge in [0.1, 0.15) is 10.7 Å². The van der Waals surface area contributed by atoms with Gasteiger partial charge in [-0.2, -0.15) is 4.98 Å². The average Bonchev–Trinajstić information content (AvgIpc) is 2.37. The molecule has 3 nitrogen and oxygen atoms in total. The molecule has 11 heavy (non-hydrogen) atoms. The Morgan fingerprint density at radius 2 is 2.45 bits per heavy atom. The number of aromatic nitrogens is 2. The van der Waals surface area contributed by atoms with Crippen molar-refractivity contribution in [1.82, 2.24) is 9.55 Å². The van der Waals surface area contributed by atoms with Crippen molar-refractivity contribution < 1.29 is 4.74 Å². The van der Waals surface area contributed by atoms with E-state index in [9.17, 15) is 0 Å². The third-order valence-corrected chi connectivity index (χ3v) is 2.63. The second-order valence-electron chi connectivity index (χ2n) is 2.81. The molecule has 60 valence electrons. The zero-order valence-corrected chi connectivity index (χ0v) is 8.05. The Bertz CT molecular complexity index is 295. The van der Waals surface area contributed by atoms with Crippen LogP contribution in [0.25, 0.3) is 0 Å². The van der Waals surface area contributed by atoms with Crippen molar-refractivity contribution in [3.8, 4) is 6.01 Å². The van der Waals surface area contributed by atoms with Crippen LogP contribution in [0.15, 0.2) is 4.60 Å². The van der Waals surface area contributed by atoms with Gasteiger partial charge in [0.05, 0.1) is 12.2 Å². The molecule has 0 aromatic carbocycles. The summed E-state index contributed by atoms with van der Waals surface area (Å²) in [6, 6.07) is 0.738. The highest BCUT2D eigenvalue weighted by Crippen LogP contribution is 2.27. The topological polar surface area (TPSA) is 27.1 Å². The van der Waals surface area contributed by atoms with Gasteiger partial charge in [0.2, 0.25) is 0 Å². The van der Waals surface area contributed by atoms with Crippen molar-refractivity contribution in [1.29, 1.82) is 0 Å². The van der Waals surface area contributed by atoms with Crippen LogP contribution in [0, 0.1) is 6.92 Å². The highest BCUT2D eigenvalue weighted by Gasteiger charge is 2.23. The summed E-state index contributed by atoms with van der Waals surface area (Å²) < 4.78 is 8.40. The minimum absolute atomic E-state index is 0.268. The van der Waals surface area contributed by atoms with E-state index in [-0.39, 0.29) is 6.10 Å². The minimum atomic E-state index is 0.268. The molecule has 2 rings (SSSR count). The van der Waals surface area contributed by atoms with Crippen LogP contribution < -0.4 is 4.74 Å². The second kappa shape index (κ2) is 2.24. The molecular formula is C7H9BrN2O. The number of rotatable bonds is 0. The molecule has 1 unspecified atom stereocenters. The van der Waals surface area contributed by atoms with E-state index < -0.39 is 0 Å². The smallest absolute Gasteiger partial charge is 0.298 e. The molecule has 0 N–H and O–H groups in total. The largest absolute Gasteiger partial charge is 0.460 e. The predicted octanol–water partition coefficient (Wildman–Crippen LogP) is 1.73. The molecule has 1 aliphatic rings. The molecule has 2 heterocycles. The first-order valence-corrected chi connectivity index (χ1v) is 4.37. The van der Waals surface area contributed by atoms with Gasteiger partial charge < -0.3 is 4.74 Å². The van der Waals surface area contributed by atoms with E-state index in [0.29, 0.717) is 0 Å². The average molecular weight is 217 g/mol. The van der Waals surface area contributed by atoms with E-state index in [0.717, 1.165) is 22.9 Å². The van der Waals surface area contributed by atoms with Crippen LogP contribution in [0.4, 0.5) is 0 Å². The maximum atomic E-state index is 5.43. The first-order valence-electron chi connectivity index (χ1n) is 3.58. The molecule has 0 aliphatic carbocycles. The SMILES string of the molecule is Cc1c(Br)nc2n1CC(C)O2. The van der Waals surface area contributed by atoms with Gasteiger partial charge in [0.25, 0.3) is 6.01 Å². The van der Waals surface area contributed by atoms with Gasteiger partial charge in [-0.3, -0.25) is 4.57 Å². The molecule has 1 aromatic rings. The summed E-state index contributed by atoms with van der Waals surface area (Å²) >= 11 is 3.35. The van der Waals surface area contributed by atoms with E-state index in [4.69, 9.17) is 4.74 Å². The molecule has 0 bridgehead atoms. The van der Waals surface area contributed by atoms with Crippen molar-refractivity contribution in [3.63, 3.8) is 0 Å². The molecule has 1 aliphatic heterocycles. The van der Waals surface area contributed by atoms with Crippen LogP contribution in [0.3, 0.4) is 0 Å². The maximum Gasteiger partial charge on any atom is 0.298 e. The van der Waals surface area contributed by atoms with Crippen molar-refractivity contribution in [2.24, 2.45) is 0 Å². The van der Waals surface area contributed by atoms with Crippen molar-refractivity contribution in [2.75, 3.05) is 0 Å². The fourth-order valence-electron chi connectivity index (χ4n) is 1.26. The number of fused-ring (bicyclic) bond motifs is 1. The Balaban J connectivity index is 2.48. The summed E-state index contributed by atoms with van der Waals surface area (Å²) in [5.41, 5.74) is 1.14. The molecule has 0 radical (unpaired) electrons. The highest BCUT2D eigenvalue weighted by atomic mass is 79.9. The standard InChI is InChI=1S/C7H9BrN2O/c1-4-3-10-5(2)6(8)9-7(10)11-4/h4H,3H2,1-2H3. The molecule has 0 fully saturated rings. The summed E-state index contributed by atoms with van der Waals surface area (Å²) in [6.07, 6.45) is 0.268. The Labute approximate surface area is 73.5 Å². The van der Waals surface area contributed by atoms with Crippen molar-refractivity contribution >= 4 is 15.9 Å². The summed E-state index contributed by atoms with van der Waals surface area (Å²) in [6.45, 7) is 4.99. The zero-order valence-electron chi connectivity index (χ0n) is 6.47. The zero-order chi connectivity index (χ0) is 8.01. The number of imidazole rings is 1. The number of ether oxygens (including phenoxy) is 1. The number of hydrogen-bond donors (Lipinski definition) is 0. The lowest BCUT2D eigenvalue weighted by atomic mass is 10.4. The monoisotopic (exact) mass is 216 g/mol. The lowest BCUT2D eigenvalue weighted by Gasteiger charge is -1.99. The summed E-state index contributed by atoms with van der Waals surface area (Å²) in [4.78, 5) is 4.20. The first kappa shape index (κ1) is 7.16. The Hall–Kier alpha value is -0.510. The summed E-state index contributed by atoms with van der Waals surface area (Å²) in [5.74, 6) is 0. The van der Waals surface area contributed by atoms with Crippen LogP contribution in [-0.4, -0.2) is 15.7 Å². The van der Waals surface area contributed by atoms with Crippen molar-refractivity contribution in [2.45, 2.75) is 26.5 Å². The van der Waals surface area contributed by atoms with Crippen LogP contribution in [0.1, 0.15) is 12.6 Å². The van der Waals surface area contributed by atoms with E-state index in [2.05, 4.69) is 25.5 Å². The lowest BCUT2D eigenvalue weighted by molar-refractivity contribution is 0.245. The van der Waals surface area contributed by atoms with E-state index in [1.165, 1.54) is 0 Å². The Morgan fingerprint density at radius 3 is 3.09 bits per heavy atom. The molecule has 1 atom stereocenters. The molecule has 0 saturated carbocycles. The fraction of sp³-hybridized carbons (Fsp3) is 0.571. The second-order valence-corrected chi connectivity index (χ2v) is 3.56. The van der Waals surface area contributed by atoms with Crippen LogP contribution in [0.5, 0.6) is 6.01 Å². The van der Waals surface area contributed by atoms with E-state index in [1.807, 2.05) is 13.8 Å². The predicted molar refractivity (Wildman–Crippen MR) is 44.8 cm³/mol. The van der Waals surface area contributed by atoms with Gasteiger partial charge in [-0.1, -0.05) is 0 Å². The normalized spacial score (nSPS) is 21.5.